The number of aliphatic hydroxyl groups is 1. The summed E-state index contributed by atoms with van der Waals surface area (Å²) in [5, 5.41) is 9.52. The van der Waals surface area contributed by atoms with Gasteiger partial charge in [0.15, 0.2) is 0 Å². The topological polar surface area (TPSA) is 123 Å². The number of pyridine rings is 1. The van der Waals surface area contributed by atoms with Crippen LogP contribution in [0.15, 0.2) is 18.3 Å². The minimum atomic E-state index is -0.785. The molecule has 1 fully saturated rings. The zero-order chi connectivity index (χ0) is 13.3. The number of hydrogen-bond acceptors (Lipinski definition) is 5. The maximum atomic E-state index is 12.1. The summed E-state index contributed by atoms with van der Waals surface area (Å²) in [5.41, 5.74) is 11.3. The number of β-amino-alcohol motifs (C(OH)–C–C–N with tert-alkyl or cyclic N) is 1. The number of aromatic nitrogens is 1. The number of aliphatic hydroxyl groups excluding tert-OH is 1. The minimum Gasteiger partial charge on any atom is -0.397 e. The molecule has 1 aromatic rings. The zero-order valence-corrected chi connectivity index (χ0v) is 9.61. The number of nitrogens with two attached hydrogens (primary N) is 2. The van der Waals surface area contributed by atoms with Gasteiger partial charge in [0.25, 0.3) is 5.91 Å². The fourth-order valence-electron chi connectivity index (χ4n) is 1.99. The first-order valence-electron chi connectivity index (χ1n) is 5.49. The van der Waals surface area contributed by atoms with Crippen LogP contribution in [0.25, 0.3) is 0 Å². The first-order chi connectivity index (χ1) is 8.49. The van der Waals surface area contributed by atoms with Crippen molar-refractivity contribution in [2.75, 3.05) is 12.3 Å². The van der Waals surface area contributed by atoms with Crippen molar-refractivity contribution < 1.29 is 14.7 Å². The van der Waals surface area contributed by atoms with Gasteiger partial charge in [-0.25, -0.2) is 4.98 Å². The van der Waals surface area contributed by atoms with E-state index in [1.165, 1.54) is 17.2 Å². The SMILES string of the molecule is NC(=O)C1CC(O)CN1C(=O)c1ccc(N)cn1. The average molecular weight is 250 g/mol. The van der Waals surface area contributed by atoms with Gasteiger partial charge in [-0.1, -0.05) is 0 Å². The van der Waals surface area contributed by atoms with Gasteiger partial charge >= 0.3 is 0 Å². The van der Waals surface area contributed by atoms with Crippen LogP contribution in [0.5, 0.6) is 0 Å². The molecule has 1 aliphatic rings. The molecule has 0 bridgehead atoms. The Hall–Kier alpha value is -2.15. The predicted octanol–water partition coefficient (Wildman–Crippen LogP) is -1.28. The van der Waals surface area contributed by atoms with Crippen LogP contribution in [0.4, 0.5) is 5.69 Å². The fourth-order valence-corrected chi connectivity index (χ4v) is 1.99. The van der Waals surface area contributed by atoms with Gasteiger partial charge in [-0.2, -0.15) is 0 Å². The van der Waals surface area contributed by atoms with E-state index >= 15 is 0 Å². The molecular formula is C11H14N4O3. The fraction of sp³-hybridized carbons (Fsp3) is 0.364. The number of rotatable bonds is 2. The van der Waals surface area contributed by atoms with Crippen LogP contribution in [0, 0.1) is 0 Å². The highest BCUT2D eigenvalue weighted by molar-refractivity contribution is 5.96. The Labute approximate surface area is 103 Å². The van der Waals surface area contributed by atoms with E-state index in [1.807, 2.05) is 0 Å². The number of amides is 2. The van der Waals surface area contributed by atoms with E-state index in [0.29, 0.717) is 5.69 Å². The molecule has 5 N–H and O–H groups in total. The maximum absolute atomic E-state index is 12.1. The van der Waals surface area contributed by atoms with Crippen LogP contribution in [-0.4, -0.2) is 45.5 Å². The first kappa shape index (κ1) is 12.3. The second-order valence-corrected chi connectivity index (χ2v) is 4.24. The standard InChI is InChI=1S/C11H14N4O3/c12-6-1-2-8(14-4-6)11(18)15-5-7(16)3-9(15)10(13)17/h1-2,4,7,9,16H,3,5,12H2,(H2,13,17). The van der Waals surface area contributed by atoms with Crippen molar-refractivity contribution >= 4 is 17.5 Å². The van der Waals surface area contributed by atoms with Gasteiger partial charge < -0.3 is 21.5 Å². The molecule has 2 heterocycles. The van der Waals surface area contributed by atoms with Gasteiger partial charge in [0, 0.05) is 13.0 Å². The van der Waals surface area contributed by atoms with Crippen molar-refractivity contribution in [1.82, 2.24) is 9.88 Å². The maximum Gasteiger partial charge on any atom is 0.273 e. The molecule has 7 heteroatoms. The normalized spacial score (nSPS) is 23.1. The number of carbonyl (C=O) groups is 2. The number of carbonyl (C=O) groups excluding carboxylic acids is 2. The first-order valence-corrected chi connectivity index (χ1v) is 5.49. The largest absolute Gasteiger partial charge is 0.397 e. The van der Waals surface area contributed by atoms with E-state index < -0.39 is 24.0 Å². The van der Waals surface area contributed by atoms with Crippen molar-refractivity contribution in [3.63, 3.8) is 0 Å². The highest BCUT2D eigenvalue weighted by atomic mass is 16.3. The van der Waals surface area contributed by atoms with Crippen LogP contribution in [0.3, 0.4) is 0 Å². The lowest BCUT2D eigenvalue weighted by molar-refractivity contribution is -0.121. The van der Waals surface area contributed by atoms with E-state index in [0.717, 1.165) is 0 Å². The van der Waals surface area contributed by atoms with Gasteiger partial charge in [-0.15, -0.1) is 0 Å². The van der Waals surface area contributed by atoms with E-state index in [-0.39, 0.29) is 18.7 Å². The van der Waals surface area contributed by atoms with Crippen molar-refractivity contribution in [3.05, 3.63) is 24.0 Å². The molecule has 1 aliphatic heterocycles. The molecule has 2 atom stereocenters. The molecule has 0 radical (unpaired) electrons. The molecule has 0 aromatic carbocycles. The third-order valence-corrected chi connectivity index (χ3v) is 2.87. The van der Waals surface area contributed by atoms with E-state index in [9.17, 15) is 14.7 Å². The minimum absolute atomic E-state index is 0.0818. The van der Waals surface area contributed by atoms with Crippen LogP contribution in [-0.2, 0) is 4.79 Å². The Balaban J connectivity index is 2.22. The van der Waals surface area contributed by atoms with Gasteiger partial charge in [0.05, 0.1) is 18.0 Å². The highest BCUT2D eigenvalue weighted by Gasteiger charge is 2.38. The van der Waals surface area contributed by atoms with Crippen LogP contribution >= 0.6 is 0 Å². The van der Waals surface area contributed by atoms with Gasteiger partial charge in [0.2, 0.25) is 5.91 Å². The number of likely N-dealkylation sites (tertiary alicyclic amines) is 1. The predicted molar refractivity (Wildman–Crippen MR) is 63.3 cm³/mol. The van der Waals surface area contributed by atoms with Crippen LogP contribution < -0.4 is 11.5 Å². The smallest absolute Gasteiger partial charge is 0.273 e. The van der Waals surface area contributed by atoms with Gasteiger partial charge in [0.1, 0.15) is 11.7 Å². The van der Waals surface area contributed by atoms with E-state index in [4.69, 9.17) is 11.5 Å². The molecule has 1 saturated heterocycles. The summed E-state index contributed by atoms with van der Waals surface area (Å²) in [6.45, 7) is 0.0818. The second kappa shape index (κ2) is 4.61. The lowest BCUT2D eigenvalue weighted by Gasteiger charge is -2.21. The number of anilines is 1. The Bertz CT molecular complexity index is 474. The lowest BCUT2D eigenvalue weighted by atomic mass is 10.2. The summed E-state index contributed by atoms with van der Waals surface area (Å²) in [5.74, 6) is -1.06. The number of primary amides is 1. The molecular weight excluding hydrogens is 236 g/mol. The number of nitrogen functional groups attached to an aromatic ring is 1. The summed E-state index contributed by atoms with van der Waals surface area (Å²) >= 11 is 0. The molecule has 2 amide bonds. The Kier molecular flexibility index (Phi) is 3.15. The molecule has 0 aliphatic carbocycles. The molecule has 96 valence electrons. The van der Waals surface area contributed by atoms with Crippen molar-refractivity contribution in [3.8, 4) is 0 Å². The van der Waals surface area contributed by atoms with Gasteiger partial charge in [-0.3, -0.25) is 9.59 Å². The molecule has 2 rings (SSSR count). The summed E-state index contributed by atoms with van der Waals surface area (Å²) in [7, 11) is 0. The van der Waals surface area contributed by atoms with Crippen molar-refractivity contribution in [1.29, 1.82) is 0 Å². The third kappa shape index (κ3) is 2.25. The molecule has 0 saturated carbocycles. The van der Waals surface area contributed by atoms with E-state index in [2.05, 4.69) is 4.98 Å². The average Bonchev–Trinajstić information content (AvgIpc) is 2.71. The Morgan fingerprint density at radius 3 is 2.72 bits per heavy atom. The monoisotopic (exact) mass is 250 g/mol. The van der Waals surface area contributed by atoms with Crippen LogP contribution in [0.1, 0.15) is 16.9 Å². The number of hydrogen-bond donors (Lipinski definition) is 3. The molecule has 0 spiro atoms. The van der Waals surface area contributed by atoms with Crippen molar-refractivity contribution in [2.24, 2.45) is 5.73 Å². The Morgan fingerprint density at radius 2 is 2.17 bits per heavy atom. The molecule has 18 heavy (non-hydrogen) atoms. The summed E-state index contributed by atoms with van der Waals surface area (Å²) in [6, 6.07) is 2.23. The molecule has 1 aromatic heterocycles. The number of nitrogens with zero attached hydrogens (tertiary/aromatic N) is 2. The summed E-state index contributed by atoms with van der Waals surface area (Å²) < 4.78 is 0. The highest BCUT2D eigenvalue weighted by Crippen LogP contribution is 2.20. The third-order valence-electron chi connectivity index (χ3n) is 2.87. The van der Waals surface area contributed by atoms with Crippen LogP contribution in [0.2, 0.25) is 0 Å². The van der Waals surface area contributed by atoms with E-state index in [1.54, 1.807) is 6.07 Å². The molecule has 7 nitrogen and oxygen atoms in total. The summed E-state index contributed by atoms with van der Waals surface area (Å²) in [4.78, 5) is 28.5. The Morgan fingerprint density at radius 1 is 1.44 bits per heavy atom. The second-order valence-electron chi connectivity index (χ2n) is 4.24. The van der Waals surface area contributed by atoms with Gasteiger partial charge in [-0.05, 0) is 12.1 Å². The van der Waals surface area contributed by atoms with Crippen molar-refractivity contribution in [2.45, 2.75) is 18.6 Å². The summed E-state index contributed by atoms with van der Waals surface area (Å²) in [6.07, 6.45) is 0.787. The quantitative estimate of drug-likeness (QED) is 0.603. The zero-order valence-electron chi connectivity index (χ0n) is 9.61. The lowest BCUT2D eigenvalue weighted by Crippen LogP contribution is -2.44. The molecule has 2 unspecified atom stereocenters.